The molecule has 0 aliphatic heterocycles. The maximum Gasteiger partial charge on any atom is 0.282 e. The van der Waals surface area contributed by atoms with Gasteiger partial charge in [-0.15, -0.1) is 9.81 Å². The number of hydrogen-bond donors (Lipinski definition) is 1. The average molecular weight is 145 g/mol. The Morgan fingerprint density at radius 2 is 1.90 bits per heavy atom. The maximum atomic E-state index is 9.89. The fourth-order valence-corrected chi connectivity index (χ4v) is 0.545. The Balaban J connectivity index is 3.80. The summed E-state index contributed by atoms with van der Waals surface area (Å²) in [5.74, 6) is -1.73. The van der Waals surface area contributed by atoms with Gasteiger partial charge in [0.25, 0.3) is 5.79 Å². The van der Waals surface area contributed by atoms with Crippen LogP contribution in [0.5, 0.6) is 0 Å². The quantitative estimate of drug-likeness (QED) is 0.592. The van der Waals surface area contributed by atoms with Crippen molar-refractivity contribution < 1.29 is 0 Å². The van der Waals surface area contributed by atoms with E-state index in [1.807, 2.05) is 6.92 Å². The predicted octanol–water partition coefficient (Wildman–Crippen LogP) is 1.32. The van der Waals surface area contributed by atoms with E-state index in [2.05, 4.69) is 10.4 Å². The third kappa shape index (κ3) is 2.63. The lowest BCUT2D eigenvalue weighted by atomic mass is 10.2. The van der Waals surface area contributed by atoms with Crippen LogP contribution in [0.4, 0.5) is 0 Å². The molecule has 0 amide bonds. The summed E-state index contributed by atoms with van der Waals surface area (Å²) in [5, 5.41) is 4.85. The molecule has 0 aliphatic rings. The number of unbranched alkanes of at least 4 members (excludes halogenated alkanes) is 1. The summed E-state index contributed by atoms with van der Waals surface area (Å²) >= 11 is 0. The molecule has 0 aliphatic carbocycles. The number of nitrogens with two attached hydrogens (primary N) is 1. The zero-order valence-electron chi connectivity index (χ0n) is 5.91. The van der Waals surface area contributed by atoms with E-state index >= 15 is 0 Å². The van der Waals surface area contributed by atoms with Crippen LogP contribution in [0, 0.1) is 9.81 Å². The van der Waals surface area contributed by atoms with Crippen LogP contribution in [-0.4, -0.2) is 5.79 Å². The highest BCUT2D eigenvalue weighted by molar-refractivity contribution is 4.76. The predicted molar refractivity (Wildman–Crippen MR) is 38.0 cm³/mol. The Labute approximate surface area is 58.9 Å². The van der Waals surface area contributed by atoms with Crippen molar-refractivity contribution in [3.63, 3.8) is 0 Å². The van der Waals surface area contributed by atoms with Crippen LogP contribution < -0.4 is 5.73 Å². The summed E-state index contributed by atoms with van der Waals surface area (Å²) in [4.78, 5) is 19.8. The van der Waals surface area contributed by atoms with Crippen molar-refractivity contribution in [1.29, 1.82) is 0 Å². The van der Waals surface area contributed by atoms with Crippen molar-refractivity contribution in [1.82, 2.24) is 0 Å². The van der Waals surface area contributed by atoms with E-state index in [0.29, 0.717) is 6.42 Å². The minimum atomic E-state index is -1.73. The van der Waals surface area contributed by atoms with Gasteiger partial charge in [-0.1, -0.05) is 13.3 Å². The van der Waals surface area contributed by atoms with E-state index in [1.54, 1.807) is 0 Å². The molecule has 0 saturated carbocycles. The van der Waals surface area contributed by atoms with Gasteiger partial charge in [0.05, 0.1) is 0 Å². The molecule has 10 heavy (non-hydrogen) atoms. The molecule has 0 aromatic carbocycles. The molecule has 0 saturated heterocycles. The molecule has 0 radical (unpaired) electrons. The number of hydrogen-bond acceptors (Lipinski definition) is 5. The van der Waals surface area contributed by atoms with Crippen molar-refractivity contribution >= 4 is 0 Å². The third-order valence-electron chi connectivity index (χ3n) is 1.21. The smallest absolute Gasteiger partial charge is 0.282 e. The van der Waals surface area contributed by atoms with Gasteiger partial charge >= 0.3 is 0 Å². The van der Waals surface area contributed by atoms with Gasteiger partial charge in [-0.3, -0.25) is 5.73 Å². The average Bonchev–Trinajstić information content (AvgIpc) is 2.00. The van der Waals surface area contributed by atoms with Gasteiger partial charge in [-0.05, 0) is 16.8 Å². The van der Waals surface area contributed by atoms with Gasteiger partial charge in [0, 0.05) is 6.42 Å². The zero-order chi connectivity index (χ0) is 8.04. The highest BCUT2D eigenvalue weighted by Gasteiger charge is 2.25. The molecule has 0 aromatic rings. The molecule has 0 fully saturated rings. The first-order valence-corrected chi connectivity index (χ1v) is 3.16. The molecule has 0 bridgehead atoms. The van der Waals surface area contributed by atoms with Gasteiger partial charge in [0.15, 0.2) is 0 Å². The molecule has 58 valence electrons. The first-order valence-electron chi connectivity index (χ1n) is 3.16. The summed E-state index contributed by atoms with van der Waals surface area (Å²) < 4.78 is 0. The lowest BCUT2D eigenvalue weighted by molar-refractivity contribution is 0.409. The lowest BCUT2D eigenvalue weighted by Gasteiger charge is -2.09. The minimum Gasteiger partial charge on any atom is -0.283 e. The monoisotopic (exact) mass is 145 g/mol. The molecule has 0 spiro atoms. The molecule has 5 heteroatoms. The first kappa shape index (κ1) is 9.16. The van der Waals surface area contributed by atoms with E-state index in [9.17, 15) is 9.81 Å². The summed E-state index contributed by atoms with van der Waals surface area (Å²) in [5.41, 5.74) is 5.12. The van der Waals surface area contributed by atoms with Gasteiger partial charge in [0.1, 0.15) is 0 Å². The molecular weight excluding hydrogens is 134 g/mol. The fraction of sp³-hybridized carbons (Fsp3) is 1.00. The molecule has 0 atom stereocenters. The van der Waals surface area contributed by atoms with Crippen LogP contribution >= 0.6 is 0 Å². The maximum absolute atomic E-state index is 9.89. The Hall–Kier alpha value is -0.840. The molecule has 0 unspecified atom stereocenters. The van der Waals surface area contributed by atoms with E-state index < -0.39 is 5.79 Å². The SMILES string of the molecule is CCCCC(N)(N=O)N=O. The topological polar surface area (TPSA) is 84.9 Å². The second kappa shape index (κ2) is 4.05. The molecule has 5 nitrogen and oxygen atoms in total. The van der Waals surface area contributed by atoms with Crippen molar-refractivity contribution in [2.24, 2.45) is 16.1 Å². The standard InChI is InChI=1S/C5H11N3O2/c1-2-3-4-5(6,7-9)8-10/h2-4,6H2,1H3. The first-order chi connectivity index (χ1) is 4.68. The summed E-state index contributed by atoms with van der Waals surface area (Å²) in [6, 6.07) is 0. The lowest BCUT2D eigenvalue weighted by Crippen LogP contribution is -2.33. The van der Waals surface area contributed by atoms with Crippen LogP contribution in [0.25, 0.3) is 0 Å². The molecule has 0 rings (SSSR count). The molecule has 0 heterocycles. The highest BCUT2D eigenvalue weighted by Crippen LogP contribution is 2.13. The normalized spacial score (nSPS) is 11.0. The Bertz CT molecular complexity index is 118. The molecular formula is C5H11N3O2. The Morgan fingerprint density at radius 3 is 2.20 bits per heavy atom. The molecule has 0 aromatic heterocycles. The number of rotatable bonds is 5. The van der Waals surface area contributed by atoms with Crippen LogP contribution in [-0.2, 0) is 0 Å². The van der Waals surface area contributed by atoms with E-state index in [4.69, 9.17) is 5.73 Å². The fourth-order valence-electron chi connectivity index (χ4n) is 0.545. The van der Waals surface area contributed by atoms with E-state index in [1.165, 1.54) is 0 Å². The van der Waals surface area contributed by atoms with Crippen molar-refractivity contribution in [2.45, 2.75) is 32.0 Å². The van der Waals surface area contributed by atoms with Crippen LogP contribution in [0.1, 0.15) is 26.2 Å². The van der Waals surface area contributed by atoms with E-state index in [-0.39, 0.29) is 6.42 Å². The number of nitrogens with zero attached hydrogens (tertiary/aromatic N) is 2. The van der Waals surface area contributed by atoms with E-state index in [0.717, 1.165) is 6.42 Å². The zero-order valence-corrected chi connectivity index (χ0v) is 5.91. The van der Waals surface area contributed by atoms with Crippen LogP contribution in [0.3, 0.4) is 0 Å². The Kier molecular flexibility index (Phi) is 3.71. The summed E-state index contributed by atoms with van der Waals surface area (Å²) in [7, 11) is 0. The second-order valence-electron chi connectivity index (χ2n) is 2.16. The third-order valence-corrected chi connectivity index (χ3v) is 1.21. The van der Waals surface area contributed by atoms with Crippen molar-refractivity contribution in [3.8, 4) is 0 Å². The Morgan fingerprint density at radius 1 is 1.40 bits per heavy atom. The summed E-state index contributed by atoms with van der Waals surface area (Å²) in [6.45, 7) is 1.93. The minimum absolute atomic E-state index is 0.233. The van der Waals surface area contributed by atoms with Gasteiger partial charge in [-0.25, -0.2) is 0 Å². The largest absolute Gasteiger partial charge is 0.283 e. The second-order valence-corrected chi connectivity index (χ2v) is 2.16. The van der Waals surface area contributed by atoms with Gasteiger partial charge < -0.3 is 0 Å². The number of nitroso groups, excluding NO2 is 2. The van der Waals surface area contributed by atoms with Crippen molar-refractivity contribution in [3.05, 3.63) is 9.81 Å². The highest BCUT2D eigenvalue weighted by atomic mass is 16.3. The summed E-state index contributed by atoms with van der Waals surface area (Å²) in [6.07, 6.45) is 1.79. The van der Waals surface area contributed by atoms with Crippen LogP contribution in [0.15, 0.2) is 10.4 Å². The van der Waals surface area contributed by atoms with Gasteiger partial charge in [-0.2, -0.15) is 0 Å². The van der Waals surface area contributed by atoms with Crippen molar-refractivity contribution in [2.75, 3.05) is 0 Å². The molecule has 2 N–H and O–H groups in total. The van der Waals surface area contributed by atoms with Gasteiger partial charge in [0.2, 0.25) is 0 Å². The van der Waals surface area contributed by atoms with Crippen LogP contribution in [0.2, 0.25) is 0 Å².